The highest BCUT2D eigenvalue weighted by Gasteiger charge is 2.34. The maximum Gasteiger partial charge on any atom is 0.363 e. The first kappa shape index (κ1) is 13.1. The van der Waals surface area contributed by atoms with Crippen molar-refractivity contribution in [3.63, 3.8) is 0 Å². The van der Waals surface area contributed by atoms with Crippen LogP contribution >= 0.6 is 34.8 Å². The molecular weight excluding hydrogens is 258 g/mol. The van der Waals surface area contributed by atoms with E-state index >= 15 is 0 Å². The summed E-state index contributed by atoms with van der Waals surface area (Å²) < 4.78 is 2.98. The van der Waals surface area contributed by atoms with Crippen LogP contribution in [0.4, 0.5) is 0 Å². The lowest BCUT2D eigenvalue weighted by atomic mass is 9.80. The van der Waals surface area contributed by atoms with Crippen LogP contribution in [-0.2, 0) is 9.53 Å². The van der Waals surface area contributed by atoms with Crippen molar-refractivity contribution in [3.8, 4) is 0 Å². The van der Waals surface area contributed by atoms with E-state index in [9.17, 15) is 4.79 Å². The van der Waals surface area contributed by atoms with Gasteiger partial charge >= 0.3 is 5.97 Å². The van der Waals surface area contributed by atoms with E-state index in [-0.39, 0.29) is 5.41 Å². The van der Waals surface area contributed by atoms with Crippen molar-refractivity contribution in [2.45, 2.75) is 36.9 Å². The standard InChI is InChI=1S/C10H13Cl3O2/c1-9(2)5-3-7(4-6-9)15-8(14)10(11,12)13/h3H,4-6H2,1-2H3. The molecule has 0 saturated heterocycles. The third-order valence-electron chi connectivity index (χ3n) is 2.39. The fraction of sp³-hybridized carbons (Fsp3) is 0.700. The summed E-state index contributed by atoms with van der Waals surface area (Å²) in [4.78, 5) is 11.2. The SMILES string of the molecule is CC1(C)CC=C(OC(=O)C(Cl)(Cl)Cl)CC1. The van der Waals surface area contributed by atoms with Crippen molar-refractivity contribution in [2.24, 2.45) is 5.41 Å². The number of ether oxygens (including phenoxy) is 1. The number of carbonyl (C=O) groups excluding carboxylic acids is 1. The van der Waals surface area contributed by atoms with Gasteiger partial charge in [0.2, 0.25) is 0 Å². The molecule has 0 aromatic carbocycles. The van der Waals surface area contributed by atoms with E-state index in [0.717, 1.165) is 12.8 Å². The molecule has 0 heterocycles. The largest absolute Gasteiger partial charge is 0.428 e. The van der Waals surface area contributed by atoms with Crippen molar-refractivity contribution >= 4 is 40.8 Å². The molecule has 15 heavy (non-hydrogen) atoms. The van der Waals surface area contributed by atoms with Gasteiger partial charge in [-0.05, 0) is 24.3 Å². The molecule has 0 aliphatic heterocycles. The summed E-state index contributed by atoms with van der Waals surface area (Å²) in [5.41, 5.74) is 0.260. The zero-order valence-corrected chi connectivity index (χ0v) is 10.9. The van der Waals surface area contributed by atoms with Crippen molar-refractivity contribution in [3.05, 3.63) is 11.8 Å². The molecule has 2 nitrogen and oxygen atoms in total. The molecule has 0 saturated carbocycles. The Labute approximate surface area is 105 Å². The molecular formula is C10H13Cl3O2. The Bertz CT molecular complexity index is 290. The van der Waals surface area contributed by atoms with Crippen molar-refractivity contribution < 1.29 is 9.53 Å². The first-order chi connectivity index (χ1) is 6.71. The predicted octanol–water partition coefficient (Wildman–Crippen LogP) is 3.99. The van der Waals surface area contributed by atoms with Gasteiger partial charge in [0.05, 0.1) is 0 Å². The van der Waals surface area contributed by atoms with Crippen LogP contribution in [0, 0.1) is 5.41 Å². The lowest BCUT2D eigenvalue weighted by Crippen LogP contribution is -2.23. The van der Waals surface area contributed by atoms with Gasteiger partial charge in [-0.1, -0.05) is 48.7 Å². The van der Waals surface area contributed by atoms with Crippen LogP contribution in [0.1, 0.15) is 33.1 Å². The second kappa shape index (κ2) is 4.52. The summed E-state index contributed by atoms with van der Waals surface area (Å²) in [7, 11) is 0. The second-order valence-corrected chi connectivity index (χ2v) is 6.71. The summed E-state index contributed by atoms with van der Waals surface area (Å²) in [5, 5.41) is 0. The van der Waals surface area contributed by atoms with E-state index < -0.39 is 9.76 Å². The topological polar surface area (TPSA) is 26.3 Å². The summed E-state index contributed by atoms with van der Waals surface area (Å²) in [6.45, 7) is 4.33. The van der Waals surface area contributed by atoms with Gasteiger partial charge in [0.15, 0.2) is 0 Å². The van der Waals surface area contributed by atoms with Gasteiger partial charge in [-0.2, -0.15) is 0 Å². The number of esters is 1. The van der Waals surface area contributed by atoms with Crippen LogP contribution in [0.15, 0.2) is 11.8 Å². The van der Waals surface area contributed by atoms with Crippen LogP contribution in [0.25, 0.3) is 0 Å². The molecule has 0 bridgehead atoms. The Morgan fingerprint density at radius 3 is 2.47 bits per heavy atom. The molecule has 0 unspecified atom stereocenters. The first-order valence-electron chi connectivity index (χ1n) is 4.69. The number of carbonyl (C=O) groups is 1. The minimum atomic E-state index is -1.99. The molecule has 0 fully saturated rings. The second-order valence-electron chi connectivity index (χ2n) is 4.43. The molecule has 0 amide bonds. The number of hydrogen-bond acceptors (Lipinski definition) is 2. The quantitative estimate of drug-likeness (QED) is 0.532. The minimum Gasteiger partial charge on any atom is -0.428 e. The predicted molar refractivity (Wildman–Crippen MR) is 62.1 cm³/mol. The van der Waals surface area contributed by atoms with Crippen LogP contribution in [-0.4, -0.2) is 9.76 Å². The van der Waals surface area contributed by atoms with Crippen LogP contribution in [0.5, 0.6) is 0 Å². The lowest BCUT2D eigenvalue weighted by molar-refractivity contribution is -0.138. The number of allylic oxidation sites excluding steroid dienone is 2. The van der Waals surface area contributed by atoms with E-state index in [1.165, 1.54) is 0 Å². The van der Waals surface area contributed by atoms with E-state index in [4.69, 9.17) is 39.5 Å². The summed E-state index contributed by atoms with van der Waals surface area (Å²) in [6, 6.07) is 0. The molecule has 1 aliphatic rings. The normalized spacial score (nSPS) is 20.7. The summed E-state index contributed by atoms with van der Waals surface area (Å²) in [5.74, 6) is -0.232. The molecule has 0 spiro atoms. The van der Waals surface area contributed by atoms with E-state index in [1.54, 1.807) is 0 Å². The van der Waals surface area contributed by atoms with Crippen LogP contribution in [0.2, 0.25) is 0 Å². The Kier molecular flexibility index (Phi) is 3.96. The van der Waals surface area contributed by atoms with E-state index in [2.05, 4.69) is 13.8 Å². The molecule has 0 radical (unpaired) electrons. The Morgan fingerprint density at radius 2 is 2.07 bits per heavy atom. The van der Waals surface area contributed by atoms with Gasteiger partial charge < -0.3 is 4.74 Å². The average molecular weight is 272 g/mol. The Morgan fingerprint density at radius 1 is 1.47 bits per heavy atom. The fourth-order valence-electron chi connectivity index (χ4n) is 1.33. The van der Waals surface area contributed by atoms with Gasteiger partial charge in [0.25, 0.3) is 3.79 Å². The molecule has 86 valence electrons. The van der Waals surface area contributed by atoms with Crippen LogP contribution < -0.4 is 0 Å². The number of halogens is 3. The third kappa shape index (κ3) is 4.21. The molecule has 0 aromatic rings. The molecule has 0 N–H and O–H groups in total. The van der Waals surface area contributed by atoms with Gasteiger partial charge in [0.1, 0.15) is 5.76 Å². The van der Waals surface area contributed by atoms with Crippen molar-refractivity contribution in [1.82, 2.24) is 0 Å². The fourth-order valence-corrected chi connectivity index (χ4v) is 1.44. The monoisotopic (exact) mass is 270 g/mol. The zero-order chi connectivity index (χ0) is 11.7. The number of rotatable bonds is 1. The molecule has 0 aromatic heterocycles. The highest BCUT2D eigenvalue weighted by Crippen LogP contribution is 2.36. The summed E-state index contributed by atoms with van der Waals surface area (Å²) >= 11 is 16.2. The number of hydrogen-bond donors (Lipinski definition) is 0. The van der Waals surface area contributed by atoms with Gasteiger partial charge in [-0.15, -0.1) is 0 Å². The maximum atomic E-state index is 11.2. The molecule has 1 aliphatic carbocycles. The van der Waals surface area contributed by atoms with Crippen LogP contribution in [0.3, 0.4) is 0 Å². The smallest absolute Gasteiger partial charge is 0.363 e. The van der Waals surface area contributed by atoms with Crippen molar-refractivity contribution in [2.75, 3.05) is 0 Å². The van der Waals surface area contributed by atoms with Gasteiger partial charge in [0, 0.05) is 6.42 Å². The lowest BCUT2D eigenvalue weighted by Gasteiger charge is -2.28. The zero-order valence-electron chi connectivity index (χ0n) is 8.65. The minimum absolute atomic E-state index is 0.260. The summed E-state index contributed by atoms with van der Waals surface area (Å²) in [6.07, 6.45) is 4.43. The van der Waals surface area contributed by atoms with Gasteiger partial charge in [-0.3, -0.25) is 0 Å². The Balaban J connectivity index is 2.55. The average Bonchev–Trinajstić information content (AvgIpc) is 2.07. The Hall–Kier alpha value is 0.0800. The number of alkyl halides is 3. The highest BCUT2D eigenvalue weighted by atomic mass is 35.6. The highest BCUT2D eigenvalue weighted by molar-refractivity contribution is 6.75. The molecule has 1 rings (SSSR count). The molecule has 5 heteroatoms. The van der Waals surface area contributed by atoms with E-state index in [0.29, 0.717) is 12.2 Å². The van der Waals surface area contributed by atoms with E-state index in [1.807, 2.05) is 6.08 Å². The molecule has 0 atom stereocenters. The van der Waals surface area contributed by atoms with Gasteiger partial charge in [-0.25, -0.2) is 4.79 Å². The first-order valence-corrected chi connectivity index (χ1v) is 5.82. The van der Waals surface area contributed by atoms with Crippen molar-refractivity contribution in [1.29, 1.82) is 0 Å². The third-order valence-corrected chi connectivity index (χ3v) is 2.85. The maximum absolute atomic E-state index is 11.2.